The average molecular weight is 438 g/mol. The van der Waals surface area contributed by atoms with E-state index in [2.05, 4.69) is 20.6 Å². The number of H-pyrrole nitrogens is 1. The summed E-state index contributed by atoms with van der Waals surface area (Å²) in [6.45, 7) is 2.00. The van der Waals surface area contributed by atoms with Crippen molar-refractivity contribution >= 4 is 35.1 Å². The first kappa shape index (κ1) is 20.8. The number of nitrogens with zero attached hydrogens (tertiary/aromatic N) is 1. The predicted octanol–water partition coefficient (Wildman–Crippen LogP) is 3.57. The summed E-state index contributed by atoms with van der Waals surface area (Å²) < 4.78 is 13.9. The van der Waals surface area contributed by atoms with Crippen LogP contribution in [0.3, 0.4) is 0 Å². The van der Waals surface area contributed by atoms with Crippen LogP contribution in [-0.2, 0) is 15.3 Å². The maximum absolute atomic E-state index is 13.9. The van der Waals surface area contributed by atoms with Crippen molar-refractivity contribution in [3.8, 4) is 0 Å². The number of aromatic nitrogens is 2. The maximum Gasteiger partial charge on any atom is 0.257 e. The Morgan fingerprint density at radius 3 is 2.68 bits per heavy atom. The van der Waals surface area contributed by atoms with Gasteiger partial charge >= 0.3 is 0 Å². The normalized spacial score (nSPS) is 15.2. The van der Waals surface area contributed by atoms with Crippen LogP contribution in [0.4, 0.5) is 15.9 Å². The van der Waals surface area contributed by atoms with E-state index in [1.54, 1.807) is 6.07 Å². The summed E-state index contributed by atoms with van der Waals surface area (Å²) in [5, 5.41) is 5.36. The van der Waals surface area contributed by atoms with E-state index in [1.807, 2.05) is 31.2 Å². The van der Waals surface area contributed by atoms with Crippen LogP contribution in [0.1, 0.15) is 29.0 Å². The minimum absolute atomic E-state index is 0.0188. The van der Waals surface area contributed by atoms with Gasteiger partial charge in [-0.2, -0.15) is 0 Å². The molecule has 4 rings (SSSR count). The SMILES string of the molecule is Cc1ccc(CSc2nc3c(c(=O)[nH]2)[C@H](C(=O)Nc2ccccc2F)CC(=O)N3)cc1. The molecule has 158 valence electrons. The van der Waals surface area contributed by atoms with Gasteiger partial charge in [0.2, 0.25) is 11.8 Å². The third kappa shape index (κ3) is 4.66. The fourth-order valence-corrected chi connectivity index (χ4v) is 4.08. The van der Waals surface area contributed by atoms with E-state index in [0.29, 0.717) is 10.9 Å². The van der Waals surface area contributed by atoms with Gasteiger partial charge < -0.3 is 15.6 Å². The van der Waals surface area contributed by atoms with Crippen LogP contribution in [-0.4, -0.2) is 21.8 Å². The molecule has 0 fully saturated rings. The van der Waals surface area contributed by atoms with Crippen molar-refractivity contribution in [3.63, 3.8) is 0 Å². The highest BCUT2D eigenvalue weighted by molar-refractivity contribution is 7.98. The molecule has 0 bridgehead atoms. The number of rotatable bonds is 5. The van der Waals surface area contributed by atoms with Gasteiger partial charge in [0.05, 0.1) is 17.2 Å². The number of halogens is 1. The summed E-state index contributed by atoms with van der Waals surface area (Å²) in [7, 11) is 0. The predicted molar refractivity (Wildman–Crippen MR) is 117 cm³/mol. The molecule has 0 saturated heterocycles. The maximum atomic E-state index is 13.9. The molecule has 1 atom stereocenters. The van der Waals surface area contributed by atoms with Gasteiger partial charge in [-0.3, -0.25) is 14.4 Å². The fourth-order valence-electron chi connectivity index (χ4n) is 3.26. The number of hydrogen-bond acceptors (Lipinski definition) is 5. The Bertz CT molecular complexity index is 1210. The van der Waals surface area contributed by atoms with Crippen molar-refractivity contribution in [2.45, 2.75) is 30.2 Å². The standard InChI is InChI=1S/C22H19FN4O3S/c1-12-6-8-13(9-7-12)11-31-22-26-19-18(21(30)27-22)14(10-17(28)25-19)20(29)24-16-5-3-2-4-15(16)23/h2-9,14H,10-11H2,1H3,(H,24,29)(H2,25,26,27,28,30)/t14-/m1/s1. The molecule has 1 aliphatic rings. The number of aryl methyl sites for hydroxylation is 1. The minimum atomic E-state index is -1.07. The molecule has 7 nitrogen and oxygen atoms in total. The van der Waals surface area contributed by atoms with Gasteiger partial charge in [0.1, 0.15) is 11.6 Å². The quantitative estimate of drug-likeness (QED) is 0.417. The number of anilines is 2. The van der Waals surface area contributed by atoms with Crippen molar-refractivity contribution in [3.05, 3.63) is 81.4 Å². The van der Waals surface area contributed by atoms with E-state index in [0.717, 1.165) is 11.1 Å². The number of amides is 2. The summed E-state index contributed by atoms with van der Waals surface area (Å²) in [6, 6.07) is 13.7. The zero-order chi connectivity index (χ0) is 22.0. The number of thioether (sulfide) groups is 1. The fraction of sp³-hybridized carbons (Fsp3) is 0.182. The molecule has 2 amide bonds. The zero-order valence-electron chi connectivity index (χ0n) is 16.6. The lowest BCUT2D eigenvalue weighted by Crippen LogP contribution is -2.36. The Labute approximate surface area is 181 Å². The molecule has 0 radical (unpaired) electrons. The first-order chi connectivity index (χ1) is 14.9. The minimum Gasteiger partial charge on any atom is -0.323 e. The lowest BCUT2D eigenvalue weighted by atomic mass is 9.92. The van der Waals surface area contributed by atoms with Gasteiger partial charge in [0.25, 0.3) is 5.56 Å². The molecule has 0 aliphatic carbocycles. The first-order valence-electron chi connectivity index (χ1n) is 9.58. The zero-order valence-corrected chi connectivity index (χ0v) is 17.4. The Balaban J connectivity index is 1.58. The van der Waals surface area contributed by atoms with Crippen molar-refractivity contribution in [2.75, 3.05) is 10.6 Å². The van der Waals surface area contributed by atoms with E-state index < -0.39 is 29.1 Å². The van der Waals surface area contributed by atoms with Gasteiger partial charge in [-0.15, -0.1) is 0 Å². The largest absolute Gasteiger partial charge is 0.323 e. The number of fused-ring (bicyclic) bond motifs is 1. The molecule has 2 aromatic carbocycles. The second-order valence-corrected chi connectivity index (χ2v) is 8.15. The number of aromatic amines is 1. The van der Waals surface area contributed by atoms with E-state index in [9.17, 15) is 18.8 Å². The molecule has 3 aromatic rings. The molecule has 2 heterocycles. The van der Waals surface area contributed by atoms with Gasteiger partial charge in [-0.1, -0.05) is 53.7 Å². The Kier molecular flexibility index (Phi) is 5.85. The van der Waals surface area contributed by atoms with Gasteiger partial charge in [-0.05, 0) is 24.6 Å². The molecule has 1 aliphatic heterocycles. The Hall–Kier alpha value is -3.46. The summed E-state index contributed by atoms with van der Waals surface area (Å²) in [5.41, 5.74) is 1.74. The lowest BCUT2D eigenvalue weighted by Gasteiger charge is -2.23. The molecular weight excluding hydrogens is 419 g/mol. The topological polar surface area (TPSA) is 104 Å². The van der Waals surface area contributed by atoms with Crippen LogP contribution in [0, 0.1) is 12.7 Å². The number of carbonyl (C=O) groups excluding carboxylic acids is 2. The van der Waals surface area contributed by atoms with Crippen LogP contribution in [0.25, 0.3) is 0 Å². The smallest absolute Gasteiger partial charge is 0.257 e. The Morgan fingerprint density at radius 1 is 1.19 bits per heavy atom. The lowest BCUT2D eigenvalue weighted by molar-refractivity contribution is -0.123. The van der Waals surface area contributed by atoms with E-state index in [4.69, 9.17) is 0 Å². The van der Waals surface area contributed by atoms with Gasteiger partial charge in [-0.25, -0.2) is 9.37 Å². The number of carbonyl (C=O) groups is 2. The van der Waals surface area contributed by atoms with Crippen LogP contribution < -0.4 is 16.2 Å². The van der Waals surface area contributed by atoms with Crippen LogP contribution in [0.15, 0.2) is 58.5 Å². The Morgan fingerprint density at radius 2 is 1.94 bits per heavy atom. The summed E-state index contributed by atoms with van der Waals surface area (Å²) in [5.74, 6) is -2.13. The molecule has 0 saturated carbocycles. The first-order valence-corrected chi connectivity index (χ1v) is 10.6. The second-order valence-electron chi connectivity index (χ2n) is 7.18. The van der Waals surface area contributed by atoms with Crippen molar-refractivity contribution in [1.82, 2.24) is 9.97 Å². The summed E-state index contributed by atoms with van der Waals surface area (Å²) in [6.07, 6.45) is -0.228. The molecule has 0 spiro atoms. The summed E-state index contributed by atoms with van der Waals surface area (Å²) in [4.78, 5) is 44.7. The van der Waals surface area contributed by atoms with Crippen LogP contribution >= 0.6 is 11.8 Å². The van der Waals surface area contributed by atoms with Crippen molar-refractivity contribution in [2.24, 2.45) is 0 Å². The molecule has 9 heteroatoms. The second kappa shape index (κ2) is 8.73. The van der Waals surface area contributed by atoms with E-state index in [1.165, 1.54) is 30.0 Å². The summed E-state index contributed by atoms with van der Waals surface area (Å²) >= 11 is 1.31. The highest BCUT2D eigenvalue weighted by Gasteiger charge is 2.35. The molecule has 0 unspecified atom stereocenters. The molecule has 3 N–H and O–H groups in total. The highest BCUT2D eigenvalue weighted by atomic mass is 32.2. The van der Waals surface area contributed by atoms with Crippen molar-refractivity contribution in [1.29, 1.82) is 0 Å². The van der Waals surface area contributed by atoms with E-state index >= 15 is 0 Å². The van der Waals surface area contributed by atoms with Crippen LogP contribution in [0.5, 0.6) is 0 Å². The van der Waals surface area contributed by atoms with Crippen LogP contribution in [0.2, 0.25) is 0 Å². The van der Waals surface area contributed by atoms with Gasteiger partial charge in [0, 0.05) is 12.2 Å². The highest BCUT2D eigenvalue weighted by Crippen LogP contribution is 2.31. The van der Waals surface area contributed by atoms with Gasteiger partial charge in [0.15, 0.2) is 5.16 Å². The average Bonchev–Trinajstić information content (AvgIpc) is 2.74. The molecule has 31 heavy (non-hydrogen) atoms. The van der Waals surface area contributed by atoms with Crippen molar-refractivity contribution < 1.29 is 14.0 Å². The number of benzene rings is 2. The van der Waals surface area contributed by atoms with E-state index in [-0.39, 0.29) is 23.5 Å². The monoisotopic (exact) mass is 438 g/mol. The number of hydrogen-bond donors (Lipinski definition) is 3. The number of para-hydroxylation sites is 1. The molecular formula is C22H19FN4O3S. The number of nitrogens with one attached hydrogen (secondary N) is 3. The third-order valence-electron chi connectivity index (χ3n) is 4.87. The third-order valence-corrected chi connectivity index (χ3v) is 5.82. The molecule has 1 aromatic heterocycles.